The molecule has 0 heterocycles. The molecule has 1 atom stereocenters. The monoisotopic (exact) mass is 331 g/mol. The molecule has 0 aliphatic carbocycles. The van der Waals surface area contributed by atoms with E-state index in [1.165, 1.54) is 12.1 Å². The second-order valence-corrected chi connectivity index (χ2v) is 5.50. The molecule has 4 nitrogen and oxygen atoms in total. The van der Waals surface area contributed by atoms with Crippen LogP contribution in [0.1, 0.15) is 62.2 Å². The second kappa shape index (κ2) is 12.5. The number of alkyl halides is 1. The zero-order valence-electron chi connectivity index (χ0n) is 13.9. The Kier molecular flexibility index (Phi) is 12.0. The topological polar surface area (TPSA) is 69.2 Å². The zero-order chi connectivity index (χ0) is 16.4. The minimum absolute atomic E-state index is 0. The Morgan fingerprint density at radius 3 is 2.22 bits per heavy atom. The molecular formula is C17H23FNNaO3. The fraction of sp³-hybridized carbons (Fsp3) is 0.529. The van der Waals surface area contributed by atoms with Crippen LogP contribution in [0.4, 0.5) is 10.1 Å². The summed E-state index contributed by atoms with van der Waals surface area (Å²) in [4.78, 5) is 22.3. The largest absolute Gasteiger partial charge is 1.00 e. The van der Waals surface area contributed by atoms with Crippen LogP contribution in [0.5, 0.6) is 0 Å². The summed E-state index contributed by atoms with van der Waals surface area (Å²) < 4.78 is 12.6. The van der Waals surface area contributed by atoms with E-state index in [1.807, 2.05) is 0 Å². The van der Waals surface area contributed by atoms with Crippen LogP contribution in [-0.4, -0.2) is 18.0 Å². The molecule has 1 aromatic carbocycles. The summed E-state index contributed by atoms with van der Waals surface area (Å²) in [5.41, 5.74) is 0.660. The van der Waals surface area contributed by atoms with E-state index in [-0.39, 0.29) is 41.0 Å². The fourth-order valence-electron chi connectivity index (χ4n) is 2.15. The van der Waals surface area contributed by atoms with Gasteiger partial charge in [-0.2, -0.15) is 0 Å². The summed E-state index contributed by atoms with van der Waals surface area (Å²) >= 11 is 0. The Morgan fingerprint density at radius 1 is 1.09 bits per heavy atom. The zero-order valence-corrected chi connectivity index (χ0v) is 15.9. The Hall–Kier alpha value is -0.910. The number of hydrogen-bond donors (Lipinski definition) is 1. The number of anilines is 1. The molecular weight excluding hydrogens is 308 g/mol. The third-order valence-corrected chi connectivity index (χ3v) is 3.41. The quantitative estimate of drug-likeness (QED) is 0.488. The fourth-order valence-corrected chi connectivity index (χ4v) is 2.15. The van der Waals surface area contributed by atoms with Gasteiger partial charge in [-0.1, -0.05) is 37.8 Å². The van der Waals surface area contributed by atoms with Gasteiger partial charge in [-0.25, -0.2) is 4.39 Å². The van der Waals surface area contributed by atoms with Crippen LogP contribution >= 0.6 is 0 Å². The summed E-state index contributed by atoms with van der Waals surface area (Å²) in [7, 11) is 0. The van der Waals surface area contributed by atoms with E-state index in [4.69, 9.17) is 0 Å². The van der Waals surface area contributed by atoms with Gasteiger partial charge in [-0.15, -0.1) is 0 Å². The molecule has 0 spiro atoms. The minimum atomic E-state index is -1.24. The van der Waals surface area contributed by atoms with Crippen molar-refractivity contribution in [2.45, 2.75) is 58.0 Å². The number of carboxylic acid groups (broad SMARTS) is 1. The molecule has 1 aromatic rings. The number of aromatic carboxylic acids is 1. The number of halogens is 1. The van der Waals surface area contributed by atoms with Crippen LogP contribution in [0.2, 0.25) is 0 Å². The summed E-state index contributed by atoms with van der Waals surface area (Å²) in [6.45, 7) is 1.57. The predicted octanol–water partition coefficient (Wildman–Crippen LogP) is 0.0813. The minimum Gasteiger partial charge on any atom is -0.545 e. The second-order valence-electron chi connectivity index (χ2n) is 5.50. The average Bonchev–Trinajstić information content (AvgIpc) is 2.46. The molecule has 0 saturated heterocycles. The third kappa shape index (κ3) is 10.5. The van der Waals surface area contributed by atoms with Crippen molar-refractivity contribution in [2.75, 3.05) is 5.32 Å². The molecule has 6 heteroatoms. The van der Waals surface area contributed by atoms with Gasteiger partial charge in [0.15, 0.2) is 0 Å². The van der Waals surface area contributed by atoms with E-state index >= 15 is 0 Å². The molecule has 1 unspecified atom stereocenters. The number of nitrogens with one attached hydrogen (secondary N) is 1. The molecule has 0 saturated carbocycles. The maximum absolute atomic E-state index is 12.6. The summed E-state index contributed by atoms with van der Waals surface area (Å²) in [5, 5.41) is 13.3. The molecule has 1 N–H and O–H groups in total. The number of carbonyl (C=O) groups excluding carboxylic acids is 2. The number of hydrogen-bond acceptors (Lipinski definition) is 3. The third-order valence-electron chi connectivity index (χ3n) is 3.41. The van der Waals surface area contributed by atoms with E-state index in [9.17, 15) is 19.1 Å². The van der Waals surface area contributed by atoms with Gasteiger partial charge in [0, 0.05) is 12.1 Å². The van der Waals surface area contributed by atoms with Gasteiger partial charge >= 0.3 is 29.6 Å². The molecule has 0 aliphatic heterocycles. The van der Waals surface area contributed by atoms with Crippen LogP contribution < -0.4 is 40.0 Å². The van der Waals surface area contributed by atoms with Crippen molar-refractivity contribution in [1.82, 2.24) is 0 Å². The maximum Gasteiger partial charge on any atom is 1.00 e. The van der Waals surface area contributed by atoms with Crippen LogP contribution in [0.3, 0.4) is 0 Å². The number of benzene rings is 1. The van der Waals surface area contributed by atoms with Gasteiger partial charge in [-0.3, -0.25) is 4.79 Å². The molecule has 0 aliphatic rings. The molecule has 0 radical (unpaired) electrons. The Balaban J connectivity index is 0.00000484. The summed E-state index contributed by atoms with van der Waals surface area (Å²) in [6, 6.07) is 5.88. The van der Waals surface area contributed by atoms with Crippen LogP contribution in [0.25, 0.3) is 0 Å². The summed E-state index contributed by atoms with van der Waals surface area (Å²) in [5.74, 6) is -1.32. The van der Waals surface area contributed by atoms with Gasteiger partial charge < -0.3 is 15.2 Å². The van der Waals surface area contributed by atoms with Gasteiger partial charge in [0.05, 0.1) is 12.1 Å². The van der Waals surface area contributed by atoms with E-state index in [2.05, 4.69) is 5.32 Å². The number of carbonyl (C=O) groups is 2. The van der Waals surface area contributed by atoms with Crippen molar-refractivity contribution in [3.8, 4) is 0 Å². The molecule has 23 heavy (non-hydrogen) atoms. The van der Waals surface area contributed by atoms with E-state index < -0.39 is 12.1 Å². The number of unbranched alkanes of at least 4 members (excludes halogenated alkanes) is 4. The van der Waals surface area contributed by atoms with Gasteiger partial charge in [0.2, 0.25) is 5.91 Å². The molecule has 1 rings (SSSR count). The van der Waals surface area contributed by atoms with Gasteiger partial charge in [0.1, 0.15) is 0 Å². The smallest absolute Gasteiger partial charge is 0.545 e. The normalized spacial score (nSPS) is 11.4. The predicted molar refractivity (Wildman–Crippen MR) is 82.3 cm³/mol. The van der Waals surface area contributed by atoms with Crippen molar-refractivity contribution in [2.24, 2.45) is 0 Å². The van der Waals surface area contributed by atoms with E-state index in [1.54, 1.807) is 19.1 Å². The molecule has 0 aromatic heterocycles. The first-order valence-electron chi connectivity index (χ1n) is 7.74. The Bertz CT molecular complexity index is 477. The number of amides is 1. The molecule has 0 fully saturated rings. The molecule has 1 amide bonds. The van der Waals surface area contributed by atoms with Crippen LogP contribution in [-0.2, 0) is 4.79 Å². The standard InChI is InChI=1S/C17H24FNO3.Na/c1-13(18)7-5-3-2-4-6-8-16(20)19-15-11-9-14(10-12-15)17(21)22;/h9-13H,2-8H2,1H3,(H,19,20)(H,21,22);/q;+1/p-1. The van der Waals surface area contributed by atoms with Crippen molar-refractivity contribution >= 4 is 17.6 Å². The average molecular weight is 331 g/mol. The first kappa shape index (κ1) is 22.1. The van der Waals surface area contributed by atoms with E-state index in [0.717, 1.165) is 32.1 Å². The first-order valence-corrected chi connectivity index (χ1v) is 7.74. The number of rotatable bonds is 10. The SMILES string of the molecule is CC(F)CCCCCCCC(=O)Nc1ccc(C(=O)[O-])cc1.[Na+]. The van der Waals surface area contributed by atoms with Gasteiger partial charge in [0.25, 0.3) is 0 Å². The first-order chi connectivity index (χ1) is 10.5. The summed E-state index contributed by atoms with van der Waals surface area (Å²) in [6.07, 6.45) is 4.99. The van der Waals surface area contributed by atoms with Crippen LogP contribution in [0, 0.1) is 0 Å². The van der Waals surface area contributed by atoms with E-state index in [0.29, 0.717) is 18.5 Å². The number of carboxylic acids is 1. The Morgan fingerprint density at radius 2 is 1.65 bits per heavy atom. The van der Waals surface area contributed by atoms with Crippen LogP contribution in [0.15, 0.2) is 24.3 Å². The van der Waals surface area contributed by atoms with Crippen molar-refractivity contribution < 1.29 is 48.6 Å². The van der Waals surface area contributed by atoms with Crippen molar-refractivity contribution in [3.63, 3.8) is 0 Å². The molecule has 0 bridgehead atoms. The van der Waals surface area contributed by atoms with Gasteiger partial charge in [-0.05, 0) is 37.5 Å². The molecule has 122 valence electrons. The maximum atomic E-state index is 12.6. The van der Waals surface area contributed by atoms with Crippen molar-refractivity contribution in [1.29, 1.82) is 0 Å². The Labute approximate surface area is 159 Å². The van der Waals surface area contributed by atoms with Crippen molar-refractivity contribution in [3.05, 3.63) is 29.8 Å².